The van der Waals surface area contributed by atoms with E-state index in [-0.39, 0.29) is 29.3 Å². The number of hydrogen-bond acceptors (Lipinski definition) is 2. The normalized spacial score (nSPS) is 13.5. The van der Waals surface area contributed by atoms with E-state index >= 15 is 0 Å². The van der Waals surface area contributed by atoms with Crippen molar-refractivity contribution in [2.24, 2.45) is 5.73 Å². The highest BCUT2D eigenvalue weighted by molar-refractivity contribution is 5.85. The fraction of sp³-hybridized carbons (Fsp3) is 0.579. The Kier molecular flexibility index (Phi) is 6.74. The molecule has 0 aliphatic heterocycles. The molecule has 1 aromatic carbocycles. The maximum absolute atomic E-state index is 10.7. The predicted octanol–water partition coefficient (Wildman–Crippen LogP) is 5.38. The van der Waals surface area contributed by atoms with E-state index in [1.54, 1.807) is 0 Å². The number of aromatic hydroxyl groups is 1. The molecule has 0 saturated heterocycles. The van der Waals surface area contributed by atoms with Gasteiger partial charge in [-0.05, 0) is 41.4 Å². The van der Waals surface area contributed by atoms with Crippen LogP contribution in [0.4, 0.5) is 0 Å². The number of phenolic OH excluding ortho intramolecular Hbond substituents is 1. The van der Waals surface area contributed by atoms with Crippen LogP contribution in [0, 0.1) is 0 Å². The number of benzene rings is 1. The molecule has 0 bridgehead atoms. The monoisotopic (exact) mass is 325 g/mol. The molecular formula is C19H32ClNO. The number of hydrogen-bond donors (Lipinski definition) is 2. The molecule has 1 atom stereocenters. The topological polar surface area (TPSA) is 46.2 Å². The van der Waals surface area contributed by atoms with E-state index in [0.29, 0.717) is 12.2 Å². The Morgan fingerprint density at radius 2 is 1.64 bits per heavy atom. The smallest absolute Gasteiger partial charge is 0.124 e. The highest BCUT2D eigenvalue weighted by Crippen LogP contribution is 2.40. The standard InChI is InChI=1S/C19H31NO.ClH/c1-12(2)9-16(20)14-10-13(18(3,4)5)11-15(17(14)21)19(6,7)8;/h10-11,16,21H,1,9,20H2,2-8H3;1H/t16-;/m0./s1. The van der Waals surface area contributed by atoms with Crippen LogP contribution in [0.25, 0.3) is 0 Å². The van der Waals surface area contributed by atoms with Gasteiger partial charge in [0, 0.05) is 11.6 Å². The zero-order valence-electron chi connectivity index (χ0n) is 15.1. The molecule has 126 valence electrons. The van der Waals surface area contributed by atoms with Crippen LogP contribution in [0.2, 0.25) is 0 Å². The van der Waals surface area contributed by atoms with Crippen molar-refractivity contribution in [2.75, 3.05) is 0 Å². The molecule has 1 aromatic rings. The Morgan fingerprint density at radius 1 is 1.14 bits per heavy atom. The second-order valence-corrected chi connectivity index (χ2v) is 8.23. The van der Waals surface area contributed by atoms with Crippen molar-refractivity contribution in [3.8, 4) is 5.75 Å². The number of phenols is 1. The van der Waals surface area contributed by atoms with Gasteiger partial charge in [-0.15, -0.1) is 19.0 Å². The Hall–Kier alpha value is -0.990. The van der Waals surface area contributed by atoms with Gasteiger partial charge in [0.25, 0.3) is 0 Å². The van der Waals surface area contributed by atoms with Gasteiger partial charge in [0.15, 0.2) is 0 Å². The third-order valence-electron chi connectivity index (χ3n) is 3.78. The quantitative estimate of drug-likeness (QED) is 0.733. The molecule has 2 nitrogen and oxygen atoms in total. The molecule has 0 aromatic heterocycles. The molecule has 0 fully saturated rings. The summed E-state index contributed by atoms with van der Waals surface area (Å²) in [5, 5.41) is 10.7. The summed E-state index contributed by atoms with van der Waals surface area (Å²) < 4.78 is 0. The van der Waals surface area contributed by atoms with Crippen LogP contribution >= 0.6 is 12.4 Å². The number of nitrogens with two attached hydrogens (primary N) is 1. The summed E-state index contributed by atoms with van der Waals surface area (Å²) in [7, 11) is 0. The summed E-state index contributed by atoms with van der Waals surface area (Å²) in [6.45, 7) is 18.8. The Morgan fingerprint density at radius 3 is 2.00 bits per heavy atom. The van der Waals surface area contributed by atoms with Crippen LogP contribution < -0.4 is 5.73 Å². The Labute approximate surface area is 142 Å². The molecule has 0 spiro atoms. The van der Waals surface area contributed by atoms with E-state index in [2.05, 4.69) is 60.3 Å². The van der Waals surface area contributed by atoms with Crippen molar-refractivity contribution in [3.05, 3.63) is 41.0 Å². The summed E-state index contributed by atoms with van der Waals surface area (Å²) in [4.78, 5) is 0. The zero-order chi connectivity index (χ0) is 16.6. The highest BCUT2D eigenvalue weighted by Gasteiger charge is 2.26. The molecule has 0 aliphatic carbocycles. The minimum atomic E-state index is -0.217. The highest BCUT2D eigenvalue weighted by atomic mass is 35.5. The first-order chi connectivity index (χ1) is 9.34. The Bertz CT molecular complexity index is 536. The van der Waals surface area contributed by atoms with E-state index in [1.807, 2.05) is 6.92 Å². The van der Waals surface area contributed by atoms with Crippen molar-refractivity contribution >= 4 is 12.4 Å². The van der Waals surface area contributed by atoms with Crippen molar-refractivity contribution in [3.63, 3.8) is 0 Å². The van der Waals surface area contributed by atoms with E-state index < -0.39 is 0 Å². The maximum atomic E-state index is 10.7. The summed E-state index contributed by atoms with van der Waals surface area (Å²) in [5.74, 6) is 0.337. The van der Waals surface area contributed by atoms with Crippen molar-refractivity contribution in [1.82, 2.24) is 0 Å². The van der Waals surface area contributed by atoms with Crippen LogP contribution in [0.15, 0.2) is 24.3 Å². The lowest BCUT2D eigenvalue weighted by molar-refractivity contribution is 0.432. The molecule has 1 rings (SSSR count). The second-order valence-electron chi connectivity index (χ2n) is 8.23. The summed E-state index contributed by atoms with van der Waals surface area (Å²) in [5.41, 5.74) is 10.2. The van der Waals surface area contributed by atoms with Crippen LogP contribution in [-0.2, 0) is 10.8 Å². The molecule has 0 radical (unpaired) electrons. The van der Waals surface area contributed by atoms with Gasteiger partial charge in [0.2, 0.25) is 0 Å². The van der Waals surface area contributed by atoms with Gasteiger partial charge in [-0.25, -0.2) is 0 Å². The number of rotatable bonds is 3. The van der Waals surface area contributed by atoms with Gasteiger partial charge >= 0.3 is 0 Å². The lowest BCUT2D eigenvalue weighted by Gasteiger charge is -2.29. The average Bonchev–Trinajstić information content (AvgIpc) is 2.24. The lowest BCUT2D eigenvalue weighted by atomic mass is 9.78. The minimum absolute atomic E-state index is 0. The van der Waals surface area contributed by atoms with Crippen LogP contribution in [0.5, 0.6) is 5.75 Å². The van der Waals surface area contributed by atoms with Gasteiger partial charge in [0.1, 0.15) is 5.75 Å². The molecule has 0 saturated carbocycles. The van der Waals surface area contributed by atoms with E-state index in [9.17, 15) is 5.11 Å². The Balaban J connectivity index is 0.00000441. The fourth-order valence-corrected chi connectivity index (χ4v) is 2.43. The molecule has 0 aliphatic rings. The van der Waals surface area contributed by atoms with Crippen molar-refractivity contribution < 1.29 is 5.11 Å². The third-order valence-corrected chi connectivity index (χ3v) is 3.78. The van der Waals surface area contributed by atoms with Gasteiger partial charge in [0.05, 0.1) is 0 Å². The first-order valence-electron chi connectivity index (χ1n) is 7.62. The SMILES string of the molecule is C=C(C)C[C@H](N)c1cc(C(C)(C)C)cc(C(C)(C)C)c1O.Cl. The van der Waals surface area contributed by atoms with Crippen molar-refractivity contribution in [2.45, 2.75) is 71.8 Å². The first kappa shape index (κ1) is 21.0. The molecule has 22 heavy (non-hydrogen) atoms. The second kappa shape index (κ2) is 7.06. The predicted molar refractivity (Wildman–Crippen MR) is 99.1 cm³/mol. The fourth-order valence-electron chi connectivity index (χ4n) is 2.43. The maximum Gasteiger partial charge on any atom is 0.124 e. The summed E-state index contributed by atoms with van der Waals surface area (Å²) in [6.07, 6.45) is 0.685. The van der Waals surface area contributed by atoms with Gasteiger partial charge in [-0.1, -0.05) is 53.2 Å². The first-order valence-corrected chi connectivity index (χ1v) is 7.62. The molecule has 3 N–H and O–H groups in total. The van der Waals surface area contributed by atoms with Gasteiger partial charge in [-0.3, -0.25) is 0 Å². The molecule has 3 heteroatoms. The van der Waals surface area contributed by atoms with Gasteiger partial charge in [-0.2, -0.15) is 0 Å². The van der Waals surface area contributed by atoms with E-state index in [1.165, 1.54) is 5.56 Å². The van der Waals surface area contributed by atoms with Crippen LogP contribution in [-0.4, -0.2) is 5.11 Å². The van der Waals surface area contributed by atoms with E-state index in [4.69, 9.17) is 5.73 Å². The third kappa shape index (κ3) is 5.03. The average molecular weight is 326 g/mol. The van der Waals surface area contributed by atoms with Crippen molar-refractivity contribution in [1.29, 1.82) is 0 Å². The van der Waals surface area contributed by atoms with Crippen LogP contribution in [0.1, 0.15) is 77.6 Å². The van der Waals surface area contributed by atoms with Crippen LogP contribution in [0.3, 0.4) is 0 Å². The summed E-state index contributed by atoms with van der Waals surface area (Å²) in [6, 6.07) is 3.95. The molecule has 0 unspecified atom stereocenters. The lowest BCUT2D eigenvalue weighted by Crippen LogP contribution is -2.20. The number of halogens is 1. The minimum Gasteiger partial charge on any atom is -0.507 e. The zero-order valence-corrected chi connectivity index (χ0v) is 15.9. The van der Waals surface area contributed by atoms with Gasteiger partial charge < -0.3 is 10.8 Å². The molecular weight excluding hydrogens is 294 g/mol. The largest absolute Gasteiger partial charge is 0.507 e. The summed E-state index contributed by atoms with van der Waals surface area (Å²) >= 11 is 0. The van der Waals surface area contributed by atoms with E-state index in [0.717, 1.165) is 16.7 Å². The molecule has 0 heterocycles. The molecule has 0 amide bonds.